The van der Waals surface area contributed by atoms with Crippen LogP contribution in [0.3, 0.4) is 0 Å². The molecule has 82 heavy (non-hydrogen) atoms. The second-order valence-corrected chi connectivity index (χ2v) is 28.0. The summed E-state index contributed by atoms with van der Waals surface area (Å²) in [6, 6.07) is -1.66. The molecule has 8 unspecified atom stereocenters. The Morgan fingerprint density at radius 3 is 1.29 bits per heavy atom. The standard InChI is InChI=1S/C8H15N2O7PS.C8H15N2O6PS.C6H9O6P.C4H10NO2P.C3H9O4P.C3H5O4P.C3H5O3P.CH4/c1-4(11)6(9-5(2)12)3-19-7(10-14)8(13)18(15,16)17;1-5(11)7(9-6(2)12)4-18-8(10-13)3-17(14,15)16;1-4(7)2-6(10,5(8)9)3-13(11)12;1-4(5)2-3-8(6)7;2*1-2-3(4)8(5,6)7;1-2-3-7(4,5)6;/h6,8,13-14H,3H2,1-2H3,(H,9,12)(H2,15,16,17);7,13H,3-4H2,1-2H3,(H,9,12)(H2,14,15,16);10H,2-3H2,1H3,(H-,8,9,11,12);4H,2-3,5H2,1H3;3-4H,2H2,1H3,(H2,5,6,7);1,3-4H,(H2,5,6,7);1H,3H2,(H2,4,5,6);1H4/p+2/t;7-;;;;;;/m.0....../s1. The van der Waals surface area contributed by atoms with Gasteiger partial charge in [0.15, 0.2) is 28.6 Å². The Kier molecular flexibility index (Phi) is 55.8. The van der Waals surface area contributed by atoms with E-state index in [0.29, 0.717) is 24.3 Å². The molecule has 0 saturated heterocycles. The molecule has 0 saturated carbocycles. The van der Waals surface area contributed by atoms with E-state index in [0.717, 1.165) is 18.7 Å². The van der Waals surface area contributed by atoms with Gasteiger partial charge in [0.1, 0.15) is 23.2 Å². The van der Waals surface area contributed by atoms with Crippen LogP contribution in [0.4, 0.5) is 0 Å². The average molecular weight is 1370 g/mol. The number of hydrogen-bond acceptors (Lipinski definition) is 24. The number of aliphatic hydroxyl groups is 4. The summed E-state index contributed by atoms with van der Waals surface area (Å²) in [6.45, 7) is 9.36. The number of carboxylic acids is 1. The van der Waals surface area contributed by atoms with E-state index in [2.05, 4.69) is 33.8 Å². The molecule has 0 aromatic rings. The van der Waals surface area contributed by atoms with Crippen LogP contribution in [-0.2, 0) is 60.7 Å². The molecule has 0 aromatic carbocycles. The van der Waals surface area contributed by atoms with Gasteiger partial charge in [-0.2, -0.15) is 9.79 Å². The lowest BCUT2D eigenvalue weighted by Crippen LogP contribution is -2.42. The van der Waals surface area contributed by atoms with Crippen molar-refractivity contribution in [2.45, 2.75) is 116 Å². The van der Waals surface area contributed by atoms with Gasteiger partial charge < -0.3 is 101 Å². The van der Waals surface area contributed by atoms with Gasteiger partial charge >= 0.3 is 60.0 Å². The highest BCUT2D eigenvalue weighted by Crippen LogP contribution is 2.43. The number of aliphatic hydroxyl groups excluding tert-OH is 3. The highest BCUT2D eigenvalue weighted by atomic mass is 32.2. The van der Waals surface area contributed by atoms with Crippen LogP contribution in [0.25, 0.3) is 0 Å². The molecule has 0 heterocycles. The lowest BCUT2D eigenvalue weighted by Gasteiger charge is -2.17. The molecule has 480 valence electrons. The van der Waals surface area contributed by atoms with Crippen LogP contribution in [0.5, 0.6) is 0 Å². The van der Waals surface area contributed by atoms with Gasteiger partial charge in [-0.1, -0.05) is 36.5 Å². The maximum atomic E-state index is 11.2. The van der Waals surface area contributed by atoms with Gasteiger partial charge in [-0.15, -0.1) is 36.4 Å². The van der Waals surface area contributed by atoms with Crippen LogP contribution in [0.15, 0.2) is 10.3 Å². The van der Waals surface area contributed by atoms with Gasteiger partial charge in [0.05, 0.1) is 18.5 Å². The summed E-state index contributed by atoms with van der Waals surface area (Å²) in [7, 11) is -26.5. The zero-order valence-electron chi connectivity index (χ0n) is 43.7. The number of carboxylic acid groups (broad SMARTS) is 1. The Balaban J connectivity index is -0.000000134. The summed E-state index contributed by atoms with van der Waals surface area (Å²) in [5.41, 5.74) is 2.88. The molecule has 2 amide bonds. The molecule has 9 atom stereocenters. The van der Waals surface area contributed by atoms with Crippen molar-refractivity contribution in [2.75, 3.05) is 36.2 Å². The van der Waals surface area contributed by atoms with Crippen molar-refractivity contribution in [3.8, 4) is 24.7 Å². The molecular formula is C36H74N5O32P7S2+2. The highest BCUT2D eigenvalue weighted by molar-refractivity contribution is 8.14. The van der Waals surface area contributed by atoms with Crippen LogP contribution in [-0.4, -0.2) is 217 Å². The number of aliphatic carboxylic acids is 1. The lowest BCUT2D eigenvalue weighted by molar-refractivity contribution is -0.158. The summed E-state index contributed by atoms with van der Waals surface area (Å²) in [5.74, 6) is -6.22. The Labute approximate surface area is 480 Å². The Morgan fingerprint density at radius 1 is 0.707 bits per heavy atom. The second kappa shape index (κ2) is 48.0. The third-order valence-electron chi connectivity index (χ3n) is 7.27. The molecule has 0 aliphatic carbocycles. The first-order chi connectivity index (χ1) is 36.2. The van der Waals surface area contributed by atoms with Gasteiger partial charge in [-0.3, -0.25) is 46.8 Å². The van der Waals surface area contributed by atoms with Crippen molar-refractivity contribution < 1.29 is 155 Å². The molecule has 0 aromatic heterocycles. The van der Waals surface area contributed by atoms with Crippen LogP contribution in [0, 0.1) is 24.7 Å². The fraction of sp³-hybridized carbons (Fsp3) is 0.667. The summed E-state index contributed by atoms with van der Waals surface area (Å²) in [4.78, 5) is 165. The number of amides is 2. The molecule has 0 spiro atoms. The molecule has 37 nitrogen and oxygen atoms in total. The molecule has 0 radical (unpaired) electrons. The van der Waals surface area contributed by atoms with Crippen molar-refractivity contribution in [3.63, 3.8) is 0 Å². The van der Waals surface area contributed by atoms with Crippen molar-refractivity contribution in [2.24, 2.45) is 16.0 Å². The minimum Gasteiger partial charge on any atom is -0.479 e. The molecule has 0 bridgehead atoms. The lowest BCUT2D eigenvalue weighted by atomic mass is 10.0. The normalized spacial score (nSPS) is 14.7. The number of nitrogens with zero attached hydrogens (tertiary/aromatic N) is 2. The first-order valence-corrected chi connectivity index (χ1v) is 34.5. The number of Topliss-reactive ketones (excluding diaryl/α,β-unsaturated/α-hetero) is 3. The summed E-state index contributed by atoms with van der Waals surface area (Å²) < 4.78 is 71.5. The zero-order chi connectivity index (χ0) is 66.3. The highest BCUT2D eigenvalue weighted by Gasteiger charge is 2.45. The van der Waals surface area contributed by atoms with Crippen LogP contribution >= 0.6 is 77.6 Å². The van der Waals surface area contributed by atoms with Crippen molar-refractivity contribution in [1.82, 2.24) is 10.6 Å². The zero-order valence-corrected chi connectivity index (χ0v) is 51.6. The number of terminal acetylenes is 2. The van der Waals surface area contributed by atoms with E-state index in [1.807, 2.05) is 12.8 Å². The van der Waals surface area contributed by atoms with E-state index < -0.39 is 143 Å². The smallest absolute Gasteiger partial charge is 0.479 e. The van der Waals surface area contributed by atoms with Gasteiger partial charge in [-0.05, 0) is 43.2 Å². The number of carbonyl (C=O) groups excluding carboxylic acids is 5. The molecule has 23 N–H and O–H groups in total. The van der Waals surface area contributed by atoms with E-state index in [4.69, 9.17) is 90.2 Å². The number of oxime groups is 2. The monoisotopic (exact) mass is 1370 g/mol. The number of carbonyl (C=O) groups is 6. The molecule has 0 aliphatic rings. The largest absolute Gasteiger partial charge is 0.509 e. The van der Waals surface area contributed by atoms with Gasteiger partial charge in [-0.25, -0.2) is 4.79 Å². The number of thioether (sulfide) groups is 2. The summed E-state index contributed by atoms with van der Waals surface area (Å²) >= 11 is 1.36. The SMILES string of the molecule is C.C#CC(O)P(=O)(O)O.C#CCP(=O)(O)O.CC(=O)CC(O)(C[P+](=O)O)C(=O)O.CC(=O)NC(CSC(=NO)C(O)P(=O)(O)O)C(C)=O.CC(=O)N[C@@H](CSC(CP(=O)(O)O)=NO)C(C)=O.CC(N)CC[P+](=O)O.CCC(O)P(=O)(O)O. The van der Waals surface area contributed by atoms with Crippen molar-refractivity contribution in [1.29, 1.82) is 0 Å². The maximum Gasteiger partial charge on any atom is 0.509 e. The fourth-order valence-electron chi connectivity index (χ4n) is 3.54. The maximum absolute atomic E-state index is 11.2. The third-order valence-corrected chi connectivity index (χ3v) is 15.4. The van der Waals surface area contributed by atoms with E-state index in [1.54, 1.807) is 0 Å². The van der Waals surface area contributed by atoms with Gasteiger partial charge in [0.2, 0.25) is 35.3 Å². The van der Waals surface area contributed by atoms with Crippen LogP contribution in [0.2, 0.25) is 0 Å². The fourth-order valence-corrected chi connectivity index (χ4v) is 9.63. The Hall–Kier alpha value is -3.15. The first kappa shape index (κ1) is 95.2. The molecule has 46 heteroatoms. The quantitative estimate of drug-likeness (QED) is 0.0128. The number of hydrogen-bond donors (Lipinski definition) is 22. The number of nitrogens with two attached hydrogens (primary N) is 1. The van der Waals surface area contributed by atoms with Crippen LogP contribution < -0.4 is 16.4 Å². The number of nitrogens with one attached hydrogen (secondary N) is 2. The van der Waals surface area contributed by atoms with E-state index in [9.17, 15) is 70.9 Å². The Bertz CT molecular complexity index is 2390. The van der Waals surface area contributed by atoms with Crippen molar-refractivity contribution >= 4 is 123 Å². The van der Waals surface area contributed by atoms with Gasteiger partial charge in [0.25, 0.3) is 0 Å². The van der Waals surface area contributed by atoms with Gasteiger partial charge in [0, 0.05) is 37.8 Å². The summed E-state index contributed by atoms with van der Waals surface area (Å²) in [6.07, 6.45) is 7.41. The topological polar surface area (TPSA) is 681 Å². The molecular weight excluding hydrogens is 1300 g/mol. The predicted octanol–water partition coefficient (Wildman–Crippen LogP) is -1.71. The molecule has 0 rings (SSSR count). The minimum absolute atomic E-state index is 0. The second-order valence-electron chi connectivity index (χ2n) is 15.3. The van der Waals surface area contributed by atoms with E-state index in [1.165, 1.54) is 40.5 Å². The van der Waals surface area contributed by atoms with E-state index in [-0.39, 0.29) is 48.0 Å². The molecule has 0 aliphatic heterocycles. The average Bonchev–Trinajstić information content (AvgIpc) is 3.26. The van der Waals surface area contributed by atoms with Crippen LogP contribution in [0.1, 0.15) is 75.2 Å². The summed E-state index contributed by atoms with van der Waals surface area (Å²) in [5, 5.41) is 70.0. The van der Waals surface area contributed by atoms with Crippen molar-refractivity contribution in [3.05, 3.63) is 0 Å². The van der Waals surface area contributed by atoms with E-state index >= 15 is 0 Å². The first-order valence-electron chi connectivity index (χ1n) is 21.1. The minimum atomic E-state index is -4.87. The number of rotatable bonds is 24. The third kappa shape index (κ3) is 64.4. The predicted molar refractivity (Wildman–Crippen MR) is 298 cm³/mol. The number of ketones is 3. The Morgan fingerprint density at radius 2 is 1.12 bits per heavy atom. The molecule has 0 fully saturated rings.